The Morgan fingerprint density at radius 1 is 1.37 bits per heavy atom. The summed E-state index contributed by atoms with van der Waals surface area (Å²) in [6.45, 7) is 9.48. The first-order chi connectivity index (χ1) is 9.08. The molecule has 1 heterocycles. The van der Waals surface area contributed by atoms with Crippen LogP contribution >= 0.6 is 0 Å². The Bertz CT molecular complexity index is 353. The molecule has 2 atom stereocenters. The van der Waals surface area contributed by atoms with Crippen molar-refractivity contribution < 1.29 is 4.39 Å². The second-order valence-electron chi connectivity index (χ2n) is 5.17. The molecular formula is C15H26FN3. The predicted octanol–water partition coefficient (Wildman–Crippen LogP) is 2.85. The summed E-state index contributed by atoms with van der Waals surface area (Å²) in [5.41, 5.74) is 0.923. The van der Waals surface area contributed by atoms with Gasteiger partial charge in [-0.15, -0.1) is 0 Å². The normalized spacial score (nSPS) is 14.6. The quantitative estimate of drug-likeness (QED) is 0.785. The molecular weight excluding hydrogens is 241 g/mol. The van der Waals surface area contributed by atoms with Gasteiger partial charge >= 0.3 is 0 Å². The number of hydrogen-bond acceptors (Lipinski definition) is 3. The summed E-state index contributed by atoms with van der Waals surface area (Å²) in [5.74, 6) is 0.144. The number of aromatic nitrogens is 1. The van der Waals surface area contributed by atoms with Crippen LogP contribution in [0, 0.1) is 11.7 Å². The fourth-order valence-electron chi connectivity index (χ4n) is 2.19. The smallest absolute Gasteiger partial charge is 0.141 e. The monoisotopic (exact) mass is 267 g/mol. The largest absolute Gasteiger partial charge is 0.308 e. The summed E-state index contributed by atoms with van der Waals surface area (Å²) in [5, 5.41) is 3.52. The van der Waals surface area contributed by atoms with Gasteiger partial charge in [-0.1, -0.05) is 20.8 Å². The Balaban J connectivity index is 2.78. The van der Waals surface area contributed by atoms with Crippen molar-refractivity contribution >= 4 is 0 Å². The molecule has 1 rings (SSSR count). The zero-order valence-electron chi connectivity index (χ0n) is 12.5. The number of nitrogens with zero attached hydrogens (tertiary/aromatic N) is 2. The van der Waals surface area contributed by atoms with Crippen molar-refractivity contribution in [3.05, 3.63) is 29.8 Å². The van der Waals surface area contributed by atoms with Crippen molar-refractivity contribution in [1.82, 2.24) is 15.2 Å². The topological polar surface area (TPSA) is 28.2 Å². The molecule has 0 aliphatic carbocycles. The van der Waals surface area contributed by atoms with Gasteiger partial charge in [0, 0.05) is 6.54 Å². The molecule has 0 aliphatic heterocycles. The van der Waals surface area contributed by atoms with E-state index in [1.807, 2.05) is 0 Å². The molecule has 0 spiro atoms. The van der Waals surface area contributed by atoms with Crippen molar-refractivity contribution in [2.45, 2.75) is 33.2 Å². The van der Waals surface area contributed by atoms with Crippen LogP contribution in [-0.2, 0) is 0 Å². The summed E-state index contributed by atoms with van der Waals surface area (Å²) in [6.07, 6.45) is 2.38. The van der Waals surface area contributed by atoms with E-state index in [1.54, 1.807) is 6.07 Å². The lowest BCUT2D eigenvalue weighted by molar-refractivity contribution is 0.253. The van der Waals surface area contributed by atoms with Crippen LogP contribution in [0.15, 0.2) is 18.3 Å². The highest BCUT2D eigenvalue weighted by molar-refractivity contribution is 5.11. The maximum Gasteiger partial charge on any atom is 0.141 e. The molecule has 0 amide bonds. The van der Waals surface area contributed by atoms with Crippen LogP contribution < -0.4 is 5.32 Å². The molecule has 0 fully saturated rings. The van der Waals surface area contributed by atoms with Gasteiger partial charge in [0.2, 0.25) is 0 Å². The number of halogens is 1. The lowest BCUT2D eigenvalue weighted by Crippen LogP contribution is -2.35. The third kappa shape index (κ3) is 5.25. The molecule has 108 valence electrons. The molecule has 0 bridgehead atoms. The van der Waals surface area contributed by atoms with E-state index in [4.69, 9.17) is 0 Å². The summed E-state index contributed by atoms with van der Waals surface area (Å²) >= 11 is 0. The number of hydrogen-bond donors (Lipinski definition) is 1. The SMILES string of the molecule is CCCNC(c1ccc(F)cn1)C(C)CN(C)CC. The lowest BCUT2D eigenvalue weighted by atomic mass is 9.97. The average Bonchev–Trinajstić information content (AvgIpc) is 2.41. The minimum atomic E-state index is -0.281. The third-order valence-electron chi connectivity index (χ3n) is 3.39. The Morgan fingerprint density at radius 2 is 2.11 bits per heavy atom. The van der Waals surface area contributed by atoms with E-state index < -0.39 is 0 Å². The first-order valence-electron chi connectivity index (χ1n) is 7.11. The van der Waals surface area contributed by atoms with Gasteiger partial charge in [-0.2, -0.15) is 0 Å². The van der Waals surface area contributed by atoms with E-state index in [0.717, 1.165) is 31.7 Å². The third-order valence-corrected chi connectivity index (χ3v) is 3.39. The Labute approximate surface area is 116 Å². The molecule has 0 saturated carbocycles. The molecule has 2 unspecified atom stereocenters. The summed E-state index contributed by atoms with van der Waals surface area (Å²) in [4.78, 5) is 6.52. The zero-order valence-corrected chi connectivity index (χ0v) is 12.5. The van der Waals surface area contributed by atoms with Gasteiger partial charge in [-0.05, 0) is 44.6 Å². The van der Waals surface area contributed by atoms with Gasteiger partial charge in [0.25, 0.3) is 0 Å². The molecule has 0 radical (unpaired) electrons. The van der Waals surface area contributed by atoms with Crippen LogP contribution in [0.3, 0.4) is 0 Å². The summed E-state index contributed by atoms with van der Waals surface area (Å²) in [7, 11) is 2.12. The molecule has 1 aromatic heterocycles. The number of nitrogens with one attached hydrogen (secondary N) is 1. The highest BCUT2D eigenvalue weighted by atomic mass is 19.1. The number of pyridine rings is 1. The van der Waals surface area contributed by atoms with Crippen LogP contribution in [0.25, 0.3) is 0 Å². The maximum absolute atomic E-state index is 13.0. The second kappa shape index (κ2) is 8.23. The Morgan fingerprint density at radius 3 is 2.63 bits per heavy atom. The first kappa shape index (κ1) is 16.1. The Hall–Kier alpha value is -1.00. The van der Waals surface area contributed by atoms with Gasteiger partial charge < -0.3 is 10.2 Å². The fraction of sp³-hybridized carbons (Fsp3) is 0.667. The summed E-state index contributed by atoms with van der Waals surface area (Å²) < 4.78 is 13.0. The van der Waals surface area contributed by atoms with E-state index in [-0.39, 0.29) is 11.9 Å². The lowest BCUT2D eigenvalue weighted by Gasteiger charge is -2.28. The molecule has 3 nitrogen and oxygen atoms in total. The van der Waals surface area contributed by atoms with Crippen molar-refractivity contribution in [2.24, 2.45) is 5.92 Å². The van der Waals surface area contributed by atoms with E-state index in [9.17, 15) is 4.39 Å². The zero-order chi connectivity index (χ0) is 14.3. The van der Waals surface area contributed by atoms with E-state index in [2.05, 4.69) is 43.0 Å². The van der Waals surface area contributed by atoms with Gasteiger partial charge in [0.15, 0.2) is 0 Å². The van der Waals surface area contributed by atoms with E-state index in [0.29, 0.717) is 5.92 Å². The first-order valence-corrected chi connectivity index (χ1v) is 7.11. The highest BCUT2D eigenvalue weighted by Crippen LogP contribution is 2.21. The van der Waals surface area contributed by atoms with E-state index in [1.165, 1.54) is 12.3 Å². The molecule has 1 aromatic rings. The average molecular weight is 267 g/mol. The van der Waals surface area contributed by atoms with Crippen molar-refractivity contribution in [3.63, 3.8) is 0 Å². The van der Waals surface area contributed by atoms with Crippen molar-refractivity contribution in [2.75, 3.05) is 26.7 Å². The highest BCUT2D eigenvalue weighted by Gasteiger charge is 2.20. The molecule has 0 saturated heterocycles. The van der Waals surface area contributed by atoms with Gasteiger partial charge in [-0.25, -0.2) is 4.39 Å². The fourth-order valence-corrected chi connectivity index (χ4v) is 2.19. The van der Waals surface area contributed by atoms with Gasteiger partial charge in [0.05, 0.1) is 17.9 Å². The van der Waals surface area contributed by atoms with Crippen molar-refractivity contribution in [3.8, 4) is 0 Å². The predicted molar refractivity (Wildman–Crippen MR) is 77.6 cm³/mol. The Kier molecular flexibility index (Phi) is 6.95. The maximum atomic E-state index is 13.0. The molecule has 4 heteroatoms. The van der Waals surface area contributed by atoms with Crippen LogP contribution in [0.1, 0.15) is 38.9 Å². The number of rotatable bonds is 8. The molecule has 19 heavy (non-hydrogen) atoms. The van der Waals surface area contributed by atoms with Gasteiger partial charge in [-0.3, -0.25) is 4.98 Å². The minimum absolute atomic E-state index is 0.176. The molecule has 0 aromatic carbocycles. The molecule has 1 N–H and O–H groups in total. The summed E-state index contributed by atoms with van der Waals surface area (Å²) in [6, 6.07) is 3.44. The van der Waals surface area contributed by atoms with Gasteiger partial charge in [0.1, 0.15) is 5.82 Å². The van der Waals surface area contributed by atoms with Crippen LogP contribution in [0.5, 0.6) is 0 Å². The van der Waals surface area contributed by atoms with Crippen LogP contribution in [-0.4, -0.2) is 36.6 Å². The second-order valence-corrected chi connectivity index (χ2v) is 5.17. The molecule has 0 aliphatic rings. The standard InChI is InChI=1S/C15H26FN3/c1-5-9-17-15(12(3)11-19(4)6-2)14-8-7-13(16)10-18-14/h7-8,10,12,15,17H,5-6,9,11H2,1-4H3. The van der Waals surface area contributed by atoms with Crippen molar-refractivity contribution in [1.29, 1.82) is 0 Å². The minimum Gasteiger partial charge on any atom is -0.308 e. The van der Waals surface area contributed by atoms with Crippen LogP contribution in [0.2, 0.25) is 0 Å². The van der Waals surface area contributed by atoms with Crippen LogP contribution in [0.4, 0.5) is 4.39 Å². The van der Waals surface area contributed by atoms with E-state index >= 15 is 0 Å².